The summed E-state index contributed by atoms with van der Waals surface area (Å²) >= 11 is 0. The number of nitrogens with zero attached hydrogens (tertiary/aromatic N) is 1. The normalized spacial score (nSPS) is 9.90. The molecule has 108 valence electrons. The predicted octanol–water partition coefficient (Wildman–Crippen LogP) is 1.88. The third-order valence-corrected chi connectivity index (χ3v) is 2.63. The average Bonchev–Trinajstić information content (AvgIpc) is 2.44. The fourth-order valence-corrected chi connectivity index (χ4v) is 1.63. The molecular weight excluding hydrogens is 266 g/mol. The second-order valence-corrected chi connectivity index (χ2v) is 3.90. The molecule has 0 saturated carbocycles. The maximum absolute atomic E-state index is 11.8. The number of rotatable bonds is 6. The van der Waals surface area contributed by atoms with Crippen LogP contribution in [0.4, 0.5) is 5.69 Å². The quantitative estimate of drug-likeness (QED) is 0.448. The highest BCUT2D eigenvalue weighted by Crippen LogP contribution is 2.20. The van der Waals surface area contributed by atoms with E-state index in [1.165, 1.54) is 19.2 Å². The minimum atomic E-state index is -0.643. The molecule has 1 rings (SSSR count). The third-order valence-electron chi connectivity index (χ3n) is 2.63. The van der Waals surface area contributed by atoms with Gasteiger partial charge in [-0.1, -0.05) is 6.07 Å². The fraction of sp³-hybridized carbons (Fsp3) is 0.385. The summed E-state index contributed by atoms with van der Waals surface area (Å²) in [5.41, 5.74) is 0.416. The van der Waals surface area contributed by atoms with Crippen LogP contribution in [0.5, 0.6) is 0 Å². The Kier molecular flexibility index (Phi) is 5.64. The minimum Gasteiger partial charge on any atom is -0.469 e. The van der Waals surface area contributed by atoms with E-state index in [2.05, 4.69) is 4.74 Å². The van der Waals surface area contributed by atoms with Gasteiger partial charge in [-0.05, 0) is 18.9 Å². The zero-order valence-electron chi connectivity index (χ0n) is 11.3. The van der Waals surface area contributed by atoms with Crippen LogP contribution < -0.4 is 0 Å². The molecule has 0 fully saturated rings. The molecule has 0 bridgehead atoms. The number of nitro groups is 1. The van der Waals surface area contributed by atoms with E-state index in [1.807, 2.05) is 0 Å². The monoisotopic (exact) mass is 281 g/mol. The highest BCUT2D eigenvalue weighted by atomic mass is 16.6. The first-order chi connectivity index (χ1) is 9.49. The number of carbonyl (C=O) groups excluding carboxylic acids is 2. The number of nitro benzene ring substituents is 1. The maximum Gasteiger partial charge on any atom is 0.338 e. The van der Waals surface area contributed by atoms with Crippen LogP contribution in [0.3, 0.4) is 0 Å². The van der Waals surface area contributed by atoms with Gasteiger partial charge in [0.1, 0.15) is 0 Å². The van der Waals surface area contributed by atoms with Gasteiger partial charge in [0, 0.05) is 18.6 Å². The largest absolute Gasteiger partial charge is 0.469 e. The number of benzene rings is 1. The van der Waals surface area contributed by atoms with Crippen LogP contribution in [0.25, 0.3) is 0 Å². The molecule has 0 N–H and O–H groups in total. The summed E-state index contributed by atoms with van der Waals surface area (Å²) in [5, 5.41) is 10.7. The molecule has 0 radical (unpaired) electrons. The van der Waals surface area contributed by atoms with Crippen molar-refractivity contribution >= 4 is 17.6 Å². The van der Waals surface area contributed by atoms with Crippen molar-refractivity contribution in [3.63, 3.8) is 0 Å². The highest BCUT2D eigenvalue weighted by Gasteiger charge is 2.18. The van der Waals surface area contributed by atoms with E-state index < -0.39 is 16.9 Å². The lowest BCUT2D eigenvalue weighted by Gasteiger charge is -2.08. The zero-order chi connectivity index (χ0) is 15.1. The van der Waals surface area contributed by atoms with Gasteiger partial charge in [-0.3, -0.25) is 14.9 Å². The van der Waals surface area contributed by atoms with Gasteiger partial charge < -0.3 is 9.47 Å². The third kappa shape index (κ3) is 4.04. The van der Waals surface area contributed by atoms with Crippen LogP contribution in [-0.2, 0) is 20.7 Å². The molecule has 0 aliphatic carbocycles. The van der Waals surface area contributed by atoms with Crippen LogP contribution in [0.1, 0.15) is 29.3 Å². The molecule has 20 heavy (non-hydrogen) atoms. The topological polar surface area (TPSA) is 95.7 Å². The van der Waals surface area contributed by atoms with Gasteiger partial charge in [0.05, 0.1) is 24.2 Å². The van der Waals surface area contributed by atoms with Crippen molar-refractivity contribution in [3.8, 4) is 0 Å². The Hall–Kier alpha value is -2.44. The first-order valence-electron chi connectivity index (χ1n) is 6.00. The Morgan fingerprint density at radius 1 is 1.35 bits per heavy atom. The average molecular weight is 281 g/mol. The Morgan fingerprint density at radius 3 is 2.60 bits per heavy atom. The zero-order valence-corrected chi connectivity index (χ0v) is 11.3. The SMILES string of the molecule is CCOC(=O)c1cc([N+](=O)[O-])ccc1CCC(=O)OC. The molecule has 1 aromatic rings. The lowest BCUT2D eigenvalue weighted by molar-refractivity contribution is -0.384. The number of esters is 2. The molecular formula is C13H15NO6. The number of ether oxygens (including phenoxy) is 2. The molecule has 0 atom stereocenters. The molecule has 0 saturated heterocycles. The van der Waals surface area contributed by atoms with E-state index in [9.17, 15) is 19.7 Å². The van der Waals surface area contributed by atoms with Crippen molar-refractivity contribution in [1.29, 1.82) is 0 Å². The van der Waals surface area contributed by atoms with E-state index in [4.69, 9.17) is 4.74 Å². The first-order valence-corrected chi connectivity index (χ1v) is 6.00. The van der Waals surface area contributed by atoms with Crippen molar-refractivity contribution in [2.24, 2.45) is 0 Å². The van der Waals surface area contributed by atoms with Gasteiger partial charge in [-0.2, -0.15) is 0 Å². The second kappa shape index (κ2) is 7.22. The summed E-state index contributed by atoms with van der Waals surface area (Å²) < 4.78 is 9.38. The van der Waals surface area contributed by atoms with Crippen molar-refractivity contribution in [2.45, 2.75) is 19.8 Å². The summed E-state index contributed by atoms with van der Waals surface area (Å²) in [7, 11) is 1.27. The molecule has 1 aromatic carbocycles. The molecule has 7 nitrogen and oxygen atoms in total. The molecule has 0 aromatic heterocycles. The van der Waals surface area contributed by atoms with Crippen molar-refractivity contribution < 1.29 is 24.0 Å². The lowest BCUT2D eigenvalue weighted by atomic mass is 10.0. The Labute approximate surface area is 115 Å². The van der Waals surface area contributed by atoms with Crippen molar-refractivity contribution in [2.75, 3.05) is 13.7 Å². The van der Waals surface area contributed by atoms with E-state index in [0.717, 1.165) is 6.07 Å². The number of methoxy groups -OCH3 is 1. The van der Waals surface area contributed by atoms with Gasteiger partial charge in [0.25, 0.3) is 5.69 Å². The molecule has 0 aliphatic rings. The van der Waals surface area contributed by atoms with Gasteiger partial charge >= 0.3 is 11.9 Å². The smallest absolute Gasteiger partial charge is 0.338 e. The van der Waals surface area contributed by atoms with E-state index >= 15 is 0 Å². The van der Waals surface area contributed by atoms with Crippen molar-refractivity contribution in [1.82, 2.24) is 0 Å². The van der Waals surface area contributed by atoms with Crippen LogP contribution in [-0.4, -0.2) is 30.6 Å². The number of non-ortho nitro benzene ring substituents is 1. The second-order valence-electron chi connectivity index (χ2n) is 3.90. The minimum absolute atomic E-state index is 0.0840. The van der Waals surface area contributed by atoms with Crippen LogP contribution in [0.2, 0.25) is 0 Å². The van der Waals surface area contributed by atoms with Gasteiger partial charge in [0.15, 0.2) is 0 Å². The molecule has 0 aliphatic heterocycles. The molecule has 7 heteroatoms. The number of hydrogen-bond acceptors (Lipinski definition) is 6. The Bertz CT molecular complexity index is 526. The highest BCUT2D eigenvalue weighted by molar-refractivity contribution is 5.92. The maximum atomic E-state index is 11.8. The first kappa shape index (κ1) is 15.6. The Balaban J connectivity index is 3.05. The number of aryl methyl sites for hydroxylation is 1. The molecule has 0 unspecified atom stereocenters. The van der Waals surface area contributed by atoms with Gasteiger partial charge in [0.2, 0.25) is 0 Å². The molecule has 0 spiro atoms. The Morgan fingerprint density at radius 2 is 2.05 bits per heavy atom. The van der Waals surface area contributed by atoms with Gasteiger partial charge in [-0.25, -0.2) is 4.79 Å². The summed E-state index contributed by atoms with van der Waals surface area (Å²) in [6, 6.07) is 3.90. The lowest BCUT2D eigenvalue weighted by Crippen LogP contribution is -2.10. The van der Waals surface area contributed by atoms with Crippen LogP contribution in [0.15, 0.2) is 18.2 Å². The summed E-state index contributed by atoms with van der Waals surface area (Å²) in [6.45, 7) is 1.81. The van der Waals surface area contributed by atoms with Crippen LogP contribution in [0, 0.1) is 10.1 Å². The molecule has 0 heterocycles. The molecule has 0 amide bonds. The summed E-state index contributed by atoms with van der Waals surface area (Å²) in [5.74, 6) is -1.06. The number of hydrogen-bond donors (Lipinski definition) is 0. The van der Waals surface area contributed by atoms with Crippen LogP contribution >= 0.6 is 0 Å². The predicted molar refractivity (Wildman–Crippen MR) is 69.4 cm³/mol. The fourth-order valence-electron chi connectivity index (χ4n) is 1.63. The van der Waals surface area contributed by atoms with E-state index in [0.29, 0.717) is 5.56 Å². The summed E-state index contributed by atoms with van der Waals surface area (Å²) in [6.07, 6.45) is 0.333. The summed E-state index contributed by atoms with van der Waals surface area (Å²) in [4.78, 5) is 33.1. The van der Waals surface area contributed by atoms with E-state index in [1.54, 1.807) is 6.92 Å². The van der Waals surface area contributed by atoms with Gasteiger partial charge in [-0.15, -0.1) is 0 Å². The standard InChI is InChI=1S/C13H15NO6/c1-3-20-13(16)11-8-10(14(17)18)6-4-9(11)5-7-12(15)19-2/h4,6,8H,3,5,7H2,1-2H3. The van der Waals surface area contributed by atoms with E-state index in [-0.39, 0.29) is 30.7 Å². The van der Waals surface area contributed by atoms with Crippen molar-refractivity contribution in [3.05, 3.63) is 39.4 Å². The number of carbonyl (C=O) groups is 2.